The minimum atomic E-state index is 0.178. The van der Waals surface area contributed by atoms with Gasteiger partial charge in [0.05, 0.1) is 0 Å². The van der Waals surface area contributed by atoms with Crippen molar-refractivity contribution < 1.29 is 5.11 Å². The number of aromatic hydroxyl groups is 1. The van der Waals surface area contributed by atoms with E-state index < -0.39 is 0 Å². The molecular formula is C19H19NO. The number of hydrogen-bond donors (Lipinski definition) is 2. The van der Waals surface area contributed by atoms with Crippen LogP contribution in [0.4, 0.5) is 5.69 Å². The van der Waals surface area contributed by atoms with Gasteiger partial charge in [-0.15, -0.1) is 0 Å². The zero-order chi connectivity index (χ0) is 14.8. The molecule has 0 aliphatic heterocycles. The number of hydrogen-bond acceptors (Lipinski definition) is 2. The third kappa shape index (κ3) is 2.84. The maximum absolute atomic E-state index is 9.78. The Morgan fingerprint density at radius 3 is 2.43 bits per heavy atom. The van der Waals surface area contributed by atoms with Crippen molar-refractivity contribution in [1.82, 2.24) is 0 Å². The van der Waals surface area contributed by atoms with E-state index in [0.29, 0.717) is 5.75 Å². The first-order valence-electron chi connectivity index (χ1n) is 7.18. The van der Waals surface area contributed by atoms with Gasteiger partial charge in [0.25, 0.3) is 0 Å². The average molecular weight is 277 g/mol. The molecule has 1 atom stereocenters. The molecule has 0 heterocycles. The monoisotopic (exact) mass is 277 g/mol. The molecule has 21 heavy (non-hydrogen) atoms. The maximum atomic E-state index is 9.78. The van der Waals surface area contributed by atoms with Crippen LogP contribution < -0.4 is 5.32 Å². The Kier molecular flexibility index (Phi) is 3.53. The van der Waals surface area contributed by atoms with Crippen molar-refractivity contribution >= 4 is 16.5 Å². The normalized spacial score (nSPS) is 12.3. The summed E-state index contributed by atoms with van der Waals surface area (Å²) in [6.45, 7) is 4.02. The highest BCUT2D eigenvalue weighted by atomic mass is 16.3. The molecule has 0 aromatic heterocycles. The first kappa shape index (κ1) is 13.5. The van der Waals surface area contributed by atoms with E-state index in [4.69, 9.17) is 0 Å². The van der Waals surface area contributed by atoms with Crippen molar-refractivity contribution in [1.29, 1.82) is 0 Å². The second kappa shape index (κ2) is 5.49. The molecule has 0 amide bonds. The van der Waals surface area contributed by atoms with Crippen LogP contribution in [0.5, 0.6) is 5.75 Å². The summed E-state index contributed by atoms with van der Waals surface area (Å²) in [5, 5.41) is 15.7. The average Bonchev–Trinajstić information content (AvgIpc) is 2.50. The molecule has 1 unspecified atom stereocenters. The SMILES string of the molecule is Cc1ccc(NC(C)c2ccc3ccccc3c2)cc1O. The molecule has 3 aromatic carbocycles. The van der Waals surface area contributed by atoms with Gasteiger partial charge in [0.15, 0.2) is 0 Å². The number of anilines is 1. The summed E-state index contributed by atoms with van der Waals surface area (Å²) in [5.41, 5.74) is 3.05. The summed E-state index contributed by atoms with van der Waals surface area (Å²) >= 11 is 0. The first-order valence-corrected chi connectivity index (χ1v) is 7.18. The first-order chi connectivity index (χ1) is 10.1. The molecule has 0 saturated heterocycles. The zero-order valence-electron chi connectivity index (χ0n) is 12.3. The van der Waals surface area contributed by atoms with Gasteiger partial charge in [0, 0.05) is 17.8 Å². The number of benzene rings is 3. The quantitative estimate of drug-likeness (QED) is 0.704. The number of aryl methyl sites for hydroxylation is 1. The van der Waals surface area contributed by atoms with Crippen LogP contribution >= 0.6 is 0 Å². The van der Waals surface area contributed by atoms with E-state index in [1.165, 1.54) is 16.3 Å². The second-order valence-electron chi connectivity index (χ2n) is 5.47. The molecule has 0 spiro atoms. The molecule has 2 nitrogen and oxygen atoms in total. The van der Waals surface area contributed by atoms with Gasteiger partial charge in [-0.1, -0.05) is 42.5 Å². The summed E-state index contributed by atoms with van der Waals surface area (Å²) in [5.74, 6) is 0.325. The van der Waals surface area contributed by atoms with Crippen molar-refractivity contribution in [3.05, 3.63) is 71.8 Å². The van der Waals surface area contributed by atoms with Crippen molar-refractivity contribution in [3.63, 3.8) is 0 Å². The molecule has 2 heteroatoms. The number of rotatable bonds is 3. The van der Waals surface area contributed by atoms with E-state index >= 15 is 0 Å². The summed E-state index contributed by atoms with van der Waals surface area (Å²) < 4.78 is 0. The van der Waals surface area contributed by atoms with E-state index in [1.807, 2.05) is 19.1 Å². The number of nitrogens with one attached hydrogen (secondary N) is 1. The molecule has 106 valence electrons. The van der Waals surface area contributed by atoms with Crippen LogP contribution in [0.15, 0.2) is 60.7 Å². The smallest absolute Gasteiger partial charge is 0.120 e. The molecule has 3 aromatic rings. The lowest BCUT2D eigenvalue weighted by Crippen LogP contribution is -2.06. The molecule has 3 rings (SSSR count). The van der Waals surface area contributed by atoms with Gasteiger partial charge in [-0.05, 0) is 47.9 Å². The molecule has 0 aliphatic carbocycles. The third-order valence-electron chi connectivity index (χ3n) is 3.87. The number of fused-ring (bicyclic) bond motifs is 1. The third-order valence-corrected chi connectivity index (χ3v) is 3.87. The van der Waals surface area contributed by atoms with E-state index in [9.17, 15) is 5.11 Å². The lowest BCUT2D eigenvalue weighted by Gasteiger charge is -2.17. The Bertz CT molecular complexity index is 779. The number of phenols is 1. The molecule has 0 aliphatic rings. The van der Waals surface area contributed by atoms with E-state index in [-0.39, 0.29) is 6.04 Å². The molecule has 0 saturated carbocycles. The van der Waals surface area contributed by atoms with Crippen LogP contribution in [-0.2, 0) is 0 Å². The van der Waals surface area contributed by atoms with Crippen molar-refractivity contribution in [2.75, 3.05) is 5.32 Å². The van der Waals surface area contributed by atoms with Gasteiger partial charge in [-0.25, -0.2) is 0 Å². The number of phenolic OH excluding ortho intramolecular Hbond substituents is 1. The van der Waals surface area contributed by atoms with Gasteiger partial charge in [-0.2, -0.15) is 0 Å². The Morgan fingerprint density at radius 2 is 1.67 bits per heavy atom. The molecular weight excluding hydrogens is 258 g/mol. The Hall–Kier alpha value is -2.48. The Labute approximate surface area is 125 Å². The van der Waals surface area contributed by atoms with Gasteiger partial charge in [0.2, 0.25) is 0 Å². The maximum Gasteiger partial charge on any atom is 0.120 e. The lowest BCUT2D eigenvalue weighted by atomic mass is 10.0. The highest BCUT2D eigenvalue weighted by Gasteiger charge is 2.07. The predicted octanol–water partition coefficient (Wildman–Crippen LogP) is 5.03. The van der Waals surface area contributed by atoms with Crippen LogP contribution in [0.3, 0.4) is 0 Å². The van der Waals surface area contributed by atoms with Crippen LogP contribution in [0.2, 0.25) is 0 Å². The summed E-state index contributed by atoms with van der Waals surface area (Å²) in [4.78, 5) is 0. The highest BCUT2D eigenvalue weighted by Crippen LogP contribution is 2.26. The van der Waals surface area contributed by atoms with Gasteiger partial charge < -0.3 is 10.4 Å². The molecule has 0 fully saturated rings. The fourth-order valence-corrected chi connectivity index (χ4v) is 2.51. The molecule has 0 bridgehead atoms. The minimum absolute atomic E-state index is 0.178. The summed E-state index contributed by atoms with van der Waals surface area (Å²) in [6, 6.07) is 20.7. The highest BCUT2D eigenvalue weighted by molar-refractivity contribution is 5.83. The van der Waals surface area contributed by atoms with Gasteiger partial charge in [0.1, 0.15) is 5.75 Å². The van der Waals surface area contributed by atoms with Crippen LogP contribution in [0, 0.1) is 6.92 Å². The summed E-state index contributed by atoms with van der Waals surface area (Å²) in [6.07, 6.45) is 0. The fourth-order valence-electron chi connectivity index (χ4n) is 2.51. The Balaban J connectivity index is 1.85. The fraction of sp³-hybridized carbons (Fsp3) is 0.158. The minimum Gasteiger partial charge on any atom is -0.508 e. The summed E-state index contributed by atoms with van der Waals surface area (Å²) in [7, 11) is 0. The van der Waals surface area contributed by atoms with Crippen molar-refractivity contribution in [3.8, 4) is 5.75 Å². The second-order valence-corrected chi connectivity index (χ2v) is 5.47. The topological polar surface area (TPSA) is 32.3 Å². The lowest BCUT2D eigenvalue weighted by molar-refractivity contribution is 0.471. The molecule has 2 N–H and O–H groups in total. The molecule has 0 radical (unpaired) electrons. The van der Waals surface area contributed by atoms with Crippen LogP contribution in [0.25, 0.3) is 10.8 Å². The van der Waals surface area contributed by atoms with Crippen molar-refractivity contribution in [2.45, 2.75) is 19.9 Å². The van der Waals surface area contributed by atoms with Crippen molar-refractivity contribution in [2.24, 2.45) is 0 Å². The van der Waals surface area contributed by atoms with Crippen LogP contribution in [0.1, 0.15) is 24.1 Å². The van der Waals surface area contributed by atoms with Gasteiger partial charge >= 0.3 is 0 Å². The van der Waals surface area contributed by atoms with E-state index in [1.54, 1.807) is 6.07 Å². The van der Waals surface area contributed by atoms with E-state index in [2.05, 4.69) is 54.7 Å². The predicted molar refractivity (Wildman–Crippen MR) is 88.8 cm³/mol. The zero-order valence-corrected chi connectivity index (χ0v) is 12.3. The largest absolute Gasteiger partial charge is 0.508 e. The van der Waals surface area contributed by atoms with E-state index in [0.717, 1.165) is 11.3 Å². The standard InChI is InChI=1S/C19H19NO/c1-13-7-10-18(12-19(13)21)20-14(2)16-9-8-15-5-3-4-6-17(15)11-16/h3-12,14,20-21H,1-2H3. The van der Waals surface area contributed by atoms with Gasteiger partial charge in [-0.3, -0.25) is 0 Å². The van der Waals surface area contributed by atoms with Crippen LogP contribution in [-0.4, -0.2) is 5.11 Å². The Morgan fingerprint density at radius 1 is 0.905 bits per heavy atom.